The number of carbonyl (C=O) groups is 1. The Balaban J connectivity index is 2.12. The summed E-state index contributed by atoms with van der Waals surface area (Å²) < 4.78 is 0. The van der Waals surface area contributed by atoms with Crippen molar-refractivity contribution < 1.29 is 4.79 Å². The molecule has 134 valence electrons. The number of carbonyl (C=O) groups excluding carboxylic acids is 1. The first-order valence-corrected chi connectivity index (χ1v) is 7.94. The molecule has 7 heteroatoms. The Bertz CT molecular complexity index is 883. The lowest BCUT2D eigenvalue weighted by atomic mass is 10.1. The number of nitrogens with one attached hydrogen (secondary N) is 2. The molecule has 1 aromatic heterocycles. The van der Waals surface area contributed by atoms with Gasteiger partial charge in [-0.25, -0.2) is 0 Å². The van der Waals surface area contributed by atoms with Crippen LogP contribution in [0.3, 0.4) is 0 Å². The van der Waals surface area contributed by atoms with E-state index >= 15 is 0 Å². The molecular formula is C19H22N6O. The summed E-state index contributed by atoms with van der Waals surface area (Å²) in [6, 6.07) is 7.25. The van der Waals surface area contributed by atoms with Gasteiger partial charge in [0.15, 0.2) is 0 Å². The Morgan fingerprint density at radius 2 is 1.92 bits per heavy atom. The van der Waals surface area contributed by atoms with Crippen LogP contribution in [0.5, 0.6) is 0 Å². The molecule has 1 heterocycles. The summed E-state index contributed by atoms with van der Waals surface area (Å²) >= 11 is 0. The molecule has 0 spiro atoms. The third kappa shape index (κ3) is 4.70. The molecule has 0 atom stereocenters. The SMILES string of the molecule is C=C/C=C\c1[nH]cc(C(=O)Nc2ccc(/C(C)=N/N=C(N)N)cc2)c1C. The zero-order valence-corrected chi connectivity index (χ0v) is 14.8. The Labute approximate surface area is 152 Å². The molecule has 0 bridgehead atoms. The van der Waals surface area contributed by atoms with Gasteiger partial charge in [0.05, 0.1) is 11.3 Å². The van der Waals surface area contributed by atoms with Gasteiger partial charge in [0, 0.05) is 17.6 Å². The number of aromatic amines is 1. The van der Waals surface area contributed by atoms with E-state index in [0.29, 0.717) is 17.0 Å². The molecule has 26 heavy (non-hydrogen) atoms. The maximum Gasteiger partial charge on any atom is 0.257 e. The van der Waals surface area contributed by atoms with Gasteiger partial charge in [0.25, 0.3) is 5.91 Å². The molecule has 1 amide bonds. The number of hydrogen-bond donors (Lipinski definition) is 4. The third-order valence-corrected chi connectivity index (χ3v) is 3.70. The zero-order valence-electron chi connectivity index (χ0n) is 14.8. The molecule has 1 aromatic carbocycles. The zero-order chi connectivity index (χ0) is 19.1. The summed E-state index contributed by atoms with van der Waals surface area (Å²) in [7, 11) is 0. The average Bonchev–Trinajstić information content (AvgIpc) is 2.99. The molecule has 0 unspecified atom stereocenters. The van der Waals surface area contributed by atoms with Crippen molar-refractivity contribution in [3.63, 3.8) is 0 Å². The number of aromatic nitrogens is 1. The van der Waals surface area contributed by atoms with E-state index in [1.54, 1.807) is 31.3 Å². The number of guanidine groups is 1. The van der Waals surface area contributed by atoms with Crippen LogP contribution in [0.25, 0.3) is 6.08 Å². The first kappa shape index (κ1) is 18.7. The van der Waals surface area contributed by atoms with E-state index in [1.165, 1.54) is 0 Å². The molecule has 0 fully saturated rings. The van der Waals surface area contributed by atoms with Gasteiger partial charge in [-0.1, -0.05) is 30.9 Å². The average molecular weight is 350 g/mol. The van der Waals surface area contributed by atoms with E-state index in [-0.39, 0.29) is 11.9 Å². The predicted octanol–water partition coefficient (Wildman–Crippen LogP) is 2.77. The highest BCUT2D eigenvalue weighted by Crippen LogP contribution is 2.17. The second kappa shape index (κ2) is 8.48. The maximum absolute atomic E-state index is 12.5. The van der Waals surface area contributed by atoms with Gasteiger partial charge in [-0.15, -0.1) is 5.10 Å². The number of hydrogen-bond acceptors (Lipinski definition) is 3. The van der Waals surface area contributed by atoms with Crippen LogP contribution in [0, 0.1) is 6.92 Å². The standard InChI is InChI=1S/C19H22N6O/c1-4-5-6-17-12(2)16(11-22-17)18(26)23-15-9-7-14(8-10-15)13(3)24-25-19(20)21/h4-11,22H,1H2,2-3H3,(H,23,26)(H4,20,21,25)/b6-5-,24-13+. The largest absolute Gasteiger partial charge is 0.369 e. The number of H-pyrrole nitrogens is 1. The van der Waals surface area contributed by atoms with Gasteiger partial charge in [-0.3, -0.25) is 4.79 Å². The molecule has 7 nitrogen and oxygen atoms in total. The molecule has 2 rings (SSSR count). The Kier molecular flexibility index (Phi) is 6.10. The maximum atomic E-state index is 12.5. The van der Waals surface area contributed by atoms with Crippen molar-refractivity contribution in [3.8, 4) is 0 Å². The van der Waals surface area contributed by atoms with Gasteiger partial charge >= 0.3 is 0 Å². The van der Waals surface area contributed by atoms with Crippen LogP contribution in [0.1, 0.15) is 34.1 Å². The van der Waals surface area contributed by atoms with Crippen LogP contribution in [-0.2, 0) is 0 Å². The minimum absolute atomic E-state index is 0.0996. The fourth-order valence-electron chi connectivity index (χ4n) is 2.27. The fourth-order valence-corrected chi connectivity index (χ4v) is 2.27. The van der Waals surface area contributed by atoms with Crippen LogP contribution in [0.15, 0.2) is 59.4 Å². The van der Waals surface area contributed by atoms with Crippen molar-refractivity contribution in [1.29, 1.82) is 0 Å². The molecule has 0 aliphatic carbocycles. The Morgan fingerprint density at radius 1 is 1.23 bits per heavy atom. The normalized spacial score (nSPS) is 11.4. The lowest BCUT2D eigenvalue weighted by Crippen LogP contribution is -2.22. The van der Waals surface area contributed by atoms with Crippen LogP contribution >= 0.6 is 0 Å². The van der Waals surface area contributed by atoms with Crippen LogP contribution in [-0.4, -0.2) is 22.6 Å². The summed E-state index contributed by atoms with van der Waals surface area (Å²) in [5.41, 5.74) is 15.0. The molecule has 0 radical (unpaired) electrons. The van der Waals surface area contributed by atoms with Crippen molar-refractivity contribution in [2.45, 2.75) is 13.8 Å². The van der Waals surface area contributed by atoms with E-state index < -0.39 is 0 Å². The highest BCUT2D eigenvalue weighted by Gasteiger charge is 2.13. The number of allylic oxidation sites excluding steroid dienone is 2. The smallest absolute Gasteiger partial charge is 0.257 e. The molecule has 6 N–H and O–H groups in total. The van der Waals surface area contributed by atoms with Gasteiger partial charge in [-0.2, -0.15) is 5.10 Å². The molecular weight excluding hydrogens is 328 g/mol. The van der Waals surface area contributed by atoms with Gasteiger partial charge in [0.1, 0.15) is 0 Å². The number of nitrogens with two attached hydrogens (primary N) is 2. The van der Waals surface area contributed by atoms with Crippen molar-refractivity contribution in [2.24, 2.45) is 21.7 Å². The van der Waals surface area contributed by atoms with Crippen LogP contribution in [0.4, 0.5) is 5.69 Å². The predicted molar refractivity (Wildman–Crippen MR) is 107 cm³/mol. The summed E-state index contributed by atoms with van der Waals surface area (Å²) in [6.45, 7) is 7.32. The van der Waals surface area contributed by atoms with Crippen molar-refractivity contribution in [1.82, 2.24) is 4.98 Å². The van der Waals surface area contributed by atoms with Crippen LogP contribution < -0.4 is 16.8 Å². The minimum atomic E-state index is -0.185. The quantitative estimate of drug-likeness (QED) is 0.277. The molecule has 2 aromatic rings. The summed E-state index contributed by atoms with van der Waals surface area (Å²) in [5.74, 6) is -0.284. The lowest BCUT2D eigenvalue weighted by Gasteiger charge is -2.06. The molecule has 0 aliphatic heterocycles. The summed E-state index contributed by atoms with van der Waals surface area (Å²) in [5, 5.41) is 10.4. The first-order valence-electron chi connectivity index (χ1n) is 7.94. The number of rotatable bonds is 6. The van der Waals surface area contributed by atoms with E-state index in [1.807, 2.05) is 31.2 Å². The molecule has 0 saturated heterocycles. The number of amides is 1. The highest BCUT2D eigenvalue weighted by molar-refractivity contribution is 6.06. The lowest BCUT2D eigenvalue weighted by molar-refractivity contribution is 0.102. The van der Waals surface area contributed by atoms with Crippen LogP contribution in [0.2, 0.25) is 0 Å². The third-order valence-electron chi connectivity index (χ3n) is 3.70. The Hall–Kier alpha value is -3.61. The minimum Gasteiger partial charge on any atom is -0.369 e. The second-order valence-corrected chi connectivity index (χ2v) is 5.58. The number of anilines is 1. The van der Waals surface area contributed by atoms with Gasteiger partial charge in [0.2, 0.25) is 5.96 Å². The summed E-state index contributed by atoms with van der Waals surface area (Å²) in [4.78, 5) is 15.6. The highest BCUT2D eigenvalue weighted by atomic mass is 16.1. The molecule has 0 aliphatic rings. The first-order chi connectivity index (χ1) is 12.4. The van der Waals surface area contributed by atoms with E-state index in [4.69, 9.17) is 11.5 Å². The van der Waals surface area contributed by atoms with E-state index in [2.05, 4.69) is 27.1 Å². The van der Waals surface area contributed by atoms with Gasteiger partial charge in [-0.05, 0) is 43.2 Å². The topological polar surface area (TPSA) is 122 Å². The van der Waals surface area contributed by atoms with Crippen molar-refractivity contribution in [2.75, 3.05) is 5.32 Å². The molecule has 0 saturated carbocycles. The second-order valence-electron chi connectivity index (χ2n) is 5.58. The summed E-state index contributed by atoms with van der Waals surface area (Å²) in [6.07, 6.45) is 7.05. The number of benzene rings is 1. The van der Waals surface area contributed by atoms with E-state index in [0.717, 1.165) is 16.8 Å². The van der Waals surface area contributed by atoms with E-state index in [9.17, 15) is 4.79 Å². The van der Waals surface area contributed by atoms with Crippen molar-refractivity contribution >= 4 is 29.3 Å². The monoisotopic (exact) mass is 350 g/mol. The number of nitrogens with zero attached hydrogens (tertiary/aromatic N) is 2. The van der Waals surface area contributed by atoms with Crippen molar-refractivity contribution in [3.05, 3.63) is 71.6 Å². The van der Waals surface area contributed by atoms with Gasteiger partial charge < -0.3 is 21.8 Å². The fraction of sp³-hybridized carbons (Fsp3) is 0.105. The Morgan fingerprint density at radius 3 is 2.54 bits per heavy atom.